The van der Waals surface area contributed by atoms with E-state index in [-0.39, 0.29) is 5.56 Å². The Balaban J connectivity index is 2.67. The molecule has 0 amide bonds. The average Bonchev–Trinajstić information content (AvgIpc) is 2.36. The van der Waals surface area contributed by atoms with E-state index in [0.717, 1.165) is 0 Å². The lowest BCUT2D eigenvalue weighted by Gasteiger charge is -2.02. The third kappa shape index (κ3) is 2.04. The smallest absolute Gasteiger partial charge is 0.337 e. The summed E-state index contributed by atoms with van der Waals surface area (Å²) in [5.74, 6) is 0.163. The maximum Gasteiger partial charge on any atom is 0.337 e. The third-order valence-corrected chi connectivity index (χ3v) is 2.51. The van der Waals surface area contributed by atoms with Gasteiger partial charge >= 0.3 is 5.97 Å². The van der Waals surface area contributed by atoms with Crippen molar-refractivity contribution in [3.05, 3.63) is 39.9 Å². The Bertz CT molecular complexity index is 631. The highest BCUT2D eigenvalue weighted by atomic mass is 16.5. The number of carbonyl (C=O) groups is 1. The zero-order chi connectivity index (χ0) is 12.4. The molecule has 0 aliphatic rings. The molecule has 0 bridgehead atoms. The number of benzene rings is 1. The number of fused-ring (bicyclic) bond motifs is 1. The van der Waals surface area contributed by atoms with Gasteiger partial charge in [0.1, 0.15) is 5.82 Å². The molecule has 2 rings (SSSR count). The highest BCUT2D eigenvalue weighted by Crippen LogP contribution is 2.11. The molecule has 17 heavy (non-hydrogen) atoms. The summed E-state index contributed by atoms with van der Waals surface area (Å²) < 4.78 is 4.62. The molecule has 0 unspecified atom stereocenters. The van der Waals surface area contributed by atoms with Crippen LogP contribution in [-0.2, 0) is 11.2 Å². The van der Waals surface area contributed by atoms with Gasteiger partial charge in [0.25, 0.3) is 5.56 Å². The fourth-order valence-electron chi connectivity index (χ4n) is 1.60. The van der Waals surface area contributed by atoms with Crippen LogP contribution >= 0.6 is 0 Å². The minimum absolute atomic E-state index is 0.191. The Hall–Kier alpha value is -2.17. The summed E-state index contributed by atoms with van der Waals surface area (Å²) in [6.45, 7) is 1.90. The van der Waals surface area contributed by atoms with Gasteiger partial charge in [-0.25, -0.2) is 9.78 Å². The van der Waals surface area contributed by atoms with Crippen molar-refractivity contribution in [3.63, 3.8) is 0 Å². The number of aromatic amines is 1. The number of aryl methyl sites for hydroxylation is 1. The van der Waals surface area contributed by atoms with E-state index < -0.39 is 5.97 Å². The number of esters is 1. The standard InChI is InChI=1S/C12H12N2O3/c1-3-10-13-9-6-7(12(16)17-2)4-5-8(9)11(15)14-10/h4-6H,3H2,1-2H3,(H,13,14,15). The number of hydrogen-bond donors (Lipinski definition) is 1. The van der Waals surface area contributed by atoms with Crippen molar-refractivity contribution in [2.24, 2.45) is 0 Å². The van der Waals surface area contributed by atoms with Crippen LogP contribution in [0, 0.1) is 0 Å². The molecule has 2 aromatic rings. The molecule has 0 saturated carbocycles. The number of H-pyrrole nitrogens is 1. The highest BCUT2D eigenvalue weighted by molar-refractivity contribution is 5.93. The van der Waals surface area contributed by atoms with Crippen LogP contribution in [0.1, 0.15) is 23.1 Å². The molecule has 0 aliphatic heterocycles. The number of nitrogens with one attached hydrogen (secondary N) is 1. The fraction of sp³-hybridized carbons (Fsp3) is 0.250. The molecule has 5 heteroatoms. The first-order valence-electron chi connectivity index (χ1n) is 5.27. The molecule has 1 aromatic heterocycles. The second-order valence-electron chi connectivity index (χ2n) is 3.59. The minimum Gasteiger partial charge on any atom is -0.465 e. The van der Waals surface area contributed by atoms with Gasteiger partial charge in [0.05, 0.1) is 23.6 Å². The van der Waals surface area contributed by atoms with Crippen LogP contribution in [0.5, 0.6) is 0 Å². The first-order chi connectivity index (χ1) is 8.15. The van der Waals surface area contributed by atoms with Gasteiger partial charge in [-0.3, -0.25) is 4.79 Å². The molecule has 1 aromatic carbocycles. The summed E-state index contributed by atoms with van der Waals surface area (Å²) in [4.78, 5) is 30.0. The Morgan fingerprint density at radius 2 is 2.24 bits per heavy atom. The normalized spacial score (nSPS) is 10.5. The first kappa shape index (κ1) is 11.3. The summed E-state index contributed by atoms with van der Waals surface area (Å²) >= 11 is 0. The maximum absolute atomic E-state index is 11.7. The van der Waals surface area contributed by atoms with Crippen LogP contribution in [0.25, 0.3) is 10.9 Å². The number of methoxy groups -OCH3 is 1. The maximum atomic E-state index is 11.7. The number of nitrogens with zero attached hydrogens (tertiary/aromatic N) is 1. The number of hydrogen-bond acceptors (Lipinski definition) is 4. The molecule has 0 saturated heterocycles. The van der Waals surface area contributed by atoms with Gasteiger partial charge in [-0.2, -0.15) is 0 Å². The van der Waals surface area contributed by atoms with E-state index in [9.17, 15) is 9.59 Å². The highest BCUT2D eigenvalue weighted by Gasteiger charge is 2.09. The summed E-state index contributed by atoms with van der Waals surface area (Å²) in [5.41, 5.74) is 0.705. The molecular formula is C12H12N2O3. The molecular weight excluding hydrogens is 220 g/mol. The second-order valence-corrected chi connectivity index (χ2v) is 3.59. The molecule has 0 aliphatic carbocycles. The van der Waals surface area contributed by atoms with Gasteiger partial charge in [-0.15, -0.1) is 0 Å². The van der Waals surface area contributed by atoms with E-state index >= 15 is 0 Å². The van der Waals surface area contributed by atoms with Crippen LogP contribution < -0.4 is 5.56 Å². The van der Waals surface area contributed by atoms with Crippen LogP contribution in [0.4, 0.5) is 0 Å². The molecule has 0 radical (unpaired) electrons. The predicted octanol–water partition coefficient (Wildman–Crippen LogP) is 1.27. The van der Waals surface area contributed by atoms with E-state index in [2.05, 4.69) is 14.7 Å². The lowest BCUT2D eigenvalue weighted by atomic mass is 10.1. The summed E-state index contributed by atoms with van der Waals surface area (Å²) in [6, 6.07) is 4.69. The van der Waals surface area contributed by atoms with E-state index in [1.165, 1.54) is 7.11 Å². The number of ether oxygens (including phenoxy) is 1. The van der Waals surface area contributed by atoms with Gasteiger partial charge in [-0.1, -0.05) is 6.92 Å². The summed E-state index contributed by atoms with van der Waals surface area (Å²) in [7, 11) is 1.31. The fourth-order valence-corrected chi connectivity index (χ4v) is 1.60. The monoisotopic (exact) mass is 232 g/mol. The Kier molecular flexibility index (Phi) is 2.91. The largest absolute Gasteiger partial charge is 0.465 e. The minimum atomic E-state index is -0.438. The Morgan fingerprint density at radius 1 is 1.47 bits per heavy atom. The Labute approximate surface area is 97.4 Å². The molecule has 5 nitrogen and oxygen atoms in total. The van der Waals surface area contributed by atoms with E-state index in [1.807, 2.05) is 6.92 Å². The number of rotatable bonds is 2. The number of aromatic nitrogens is 2. The SMILES string of the molecule is CCc1nc2cc(C(=O)OC)ccc2c(=O)[nH]1. The van der Waals surface area contributed by atoms with E-state index in [1.54, 1.807) is 18.2 Å². The van der Waals surface area contributed by atoms with Gasteiger partial charge in [0.15, 0.2) is 0 Å². The van der Waals surface area contributed by atoms with Crippen molar-refractivity contribution in [2.75, 3.05) is 7.11 Å². The first-order valence-corrected chi connectivity index (χ1v) is 5.27. The Morgan fingerprint density at radius 3 is 2.88 bits per heavy atom. The second kappa shape index (κ2) is 4.37. The molecule has 0 spiro atoms. The quantitative estimate of drug-likeness (QED) is 0.791. The van der Waals surface area contributed by atoms with E-state index in [4.69, 9.17) is 0 Å². The predicted molar refractivity (Wildman–Crippen MR) is 63.1 cm³/mol. The van der Waals surface area contributed by atoms with Crippen molar-refractivity contribution >= 4 is 16.9 Å². The summed E-state index contributed by atoms with van der Waals surface area (Å²) in [6.07, 6.45) is 0.633. The molecule has 1 N–H and O–H groups in total. The summed E-state index contributed by atoms with van der Waals surface area (Å²) in [5, 5.41) is 0.467. The van der Waals surface area contributed by atoms with Gasteiger partial charge in [0, 0.05) is 6.42 Å². The van der Waals surface area contributed by atoms with E-state index in [0.29, 0.717) is 28.7 Å². The zero-order valence-electron chi connectivity index (χ0n) is 9.61. The van der Waals surface area contributed by atoms with Crippen molar-refractivity contribution in [3.8, 4) is 0 Å². The van der Waals surface area contributed by atoms with Crippen LogP contribution in [0.15, 0.2) is 23.0 Å². The third-order valence-electron chi connectivity index (χ3n) is 2.51. The van der Waals surface area contributed by atoms with Crippen LogP contribution in [-0.4, -0.2) is 23.0 Å². The lowest BCUT2D eigenvalue weighted by Crippen LogP contribution is -2.12. The van der Waals surface area contributed by atoms with Crippen LogP contribution in [0.2, 0.25) is 0 Å². The van der Waals surface area contributed by atoms with Gasteiger partial charge < -0.3 is 9.72 Å². The van der Waals surface area contributed by atoms with Crippen LogP contribution in [0.3, 0.4) is 0 Å². The topological polar surface area (TPSA) is 72.0 Å². The zero-order valence-corrected chi connectivity index (χ0v) is 9.61. The number of carbonyl (C=O) groups excluding carboxylic acids is 1. The van der Waals surface area contributed by atoms with Crippen molar-refractivity contribution in [1.82, 2.24) is 9.97 Å². The van der Waals surface area contributed by atoms with Gasteiger partial charge in [0.2, 0.25) is 0 Å². The average molecular weight is 232 g/mol. The van der Waals surface area contributed by atoms with Crippen molar-refractivity contribution < 1.29 is 9.53 Å². The van der Waals surface area contributed by atoms with Crippen molar-refractivity contribution in [2.45, 2.75) is 13.3 Å². The molecule has 0 fully saturated rings. The molecule has 0 atom stereocenters. The molecule has 1 heterocycles. The lowest BCUT2D eigenvalue weighted by molar-refractivity contribution is 0.0601. The molecule has 88 valence electrons. The van der Waals surface area contributed by atoms with Crippen molar-refractivity contribution in [1.29, 1.82) is 0 Å². The van der Waals surface area contributed by atoms with Gasteiger partial charge in [-0.05, 0) is 18.2 Å².